The number of benzene rings is 1. The predicted molar refractivity (Wildman–Crippen MR) is 67.5 cm³/mol. The summed E-state index contributed by atoms with van der Waals surface area (Å²) < 4.78 is 4.92. The fraction of sp³-hybridized carbons (Fsp3) is 0.385. The van der Waals surface area contributed by atoms with Gasteiger partial charge in [-0.05, 0) is 24.6 Å². The Labute approximate surface area is 106 Å². The highest BCUT2D eigenvalue weighted by Gasteiger charge is 2.36. The van der Waals surface area contributed by atoms with Gasteiger partial charge in [-0.25, -0.2) is 9.69 Å². The van der Waals surface area contributed by atoms with Gasteiger partial charge < -0.3 is 9.64 Å². The fourth-order valence-corrected chi connectivity index (χ4v) is 1.95. The average Bonchev–Trinajstić information content (AvgIpc) is 2.62. The average molecular weight is 248 g/mol. The summed E-state index contributed by atoms with van der Waals surface area (Å²) in [6.07, 6.45) is 0. The van der Waals surface area contributed by atoms with E-state index in [0.29, 0.717) is 18.8 Å². The molecule has 3 amide bonds. The molecule has 0 bridgehead atoms. The summed E-state index contributed by atoms with van der Waals surface area (Å²) >= 11 is 0. The molecule has 0 saturated carbocycles. The van der Waals surface area contributed by atoms with Gasteiger partial charge in [0.05, 0.1) is 12.3 Å². The van der Waals surface area contributed by atoms with Crippen LogP contribution in [0, 0.1) is 6.92 Å². The van der Waals surface area contributed by atoms with Gasteiger partial charge >= 0.3 is 6.03 Å². The van der Waals surface area contributed by atoms with E-state index in [1.54, 1.807) is 13.2 Å². The van der Waals surface area contributed by atoms with Crippen LogP contribution in [0.25, 0.3) is 0 Å². The minimum Gasteiger partial charge on any atom is -0.383 e. The van der Waals surface area contributed by atoms with Gasteiger partial charge in [0.15, 0.2) is 0 Å². The quantitative estimate of drug-likeness (QED) is 0.757. The number of hydrogen-bond donors (Lipinski definition) is 0. The largest absolute Gasteiger partial charge is 0.383 e. The summed E-state index contributed by atoms with van der Waals surface area (Å²) in [6, 6.07) is 7.08. The maximum atomic E-state index is 12.1. The molecule has 0 spiro atoms. The zero-order chi connectivity index (χ0) is 13.1. The summed E-state index contributed by atoms with van der Waals surface area (Å²) in [5.74, 6) is -0.193. The van der Waals surface area contributed by atoms with E-state index in [2.05, 4.69) is 0 Å². The van der Waals surface area contributed by atoms with Crippen LogP contribution in [-0.4, -0.2) is 43.6 Å². The van der Waals surface area contributed by atoms with Gasteiger partial charge in [-0.3, -0.25) is 4.79 Å². The molecule has 1 aromatic carbocycles. The third-order valence-corrected chi connectivity index (χ3v) is 2.86. The number of ether oxygens (including phenoxy) is 1. The molecule has 0 aromatic heterocycles. The van der Waals surface area contributed by atoms with Crippen LogP contribution in [0.2, 0.25) is 0 Å². The van der Waals surface area contributed by atoms with Crippen LogP contribution in [-0.2, 0) is 9.53 Å². The van der Waals surface area contributed by atoms with E-state index in [1.165, 1.54) is 9.80 Å². The van der Waals surface area contributed by atoms with Gasteiger partial charge in [0.25, 0.3) is 5.91 Å². The Hall–Kier alpha value is -1.88. The first-order valence-electron chi connectivity index (χ1n) is 5.81. The highest BCUT2D eigenvalue weighted by molar-refractivity contribution is 6.19. The molecule has 1 fully saturated rings. The first-order chi connectivity index (χ1) is 8.63. The first-order valence-corrected chi connectivity index (χ1v) is 5.81. The van der Waals surface area contributed by atoms with E-state index in [1.807, 2.05) is 25.1 Å². The van der Waals surface area contributed by atoms with Gasteiger partial charge in [0.1, 0.15) is 6.54 Å². The molecule has 0 N–H and O–H groups in total. The summed E-state index contributed by atoms with van der Waals surface area (Å²) in [4.78, 5) is 26.7. The molecule has 18 heavy (non-hydrogen) atoms. The zero-order valence-corrected chi connectivity index (χ0v) is 10.5. The van der Waals surface area contributed by atoms with Crippen LogP contribution in [0.3, 0.4) is 0 Å². The highest BCUT2D eigenvalue weighted by Crippen LogP contribution is 2.21. The Morgan fingerprint density at radius 3 is 2.78 bits per heavy atom. The van der Waals surface area contributed by atoms with Crippen LogP contribution in [0.1, 0.15) is 5.56 Å². The molecule has 1 aromatic rings. The molecular weight excluding hydrogens is 232 g/mol. The van der Waals surface area contributed by atoms with Crippen molar-refractivity contribution in [2.45, 2.75) is 6.92 Å². The number of imide groups is 1. The lowest BCUT2D eigenvalue weighted by Crippen LogP contribution is -2.34. The molecule has 1 heterocycles. The van der Waals surface area contributed by atoms with E-state index in [4.69, 9.17) is 4.74 Å². The molecule has 0 atom stereocenters. The van der Waals surface area contributed by atoms with Crippen LogP contribution in [0.15, 0.2) is 24.3 Å². The van der Waals surface area contributed by atoms with E-state index in [0.717, 1.165) is 5.56 Å². The second-order valence-corrected chi connectivity index (χ2v) is 4.27. The number of carbonyl (C=O) groups excluding carboxylic acids is 2. The molecule has 1 aliphatic rings. The lowest BCUT2D eigenvalue weighted by atomic mass is 10.2. The van der Waals surface area contributed by atoms with Crippen molar-refractivity contribution in [3.63, 3.8) is 0 Å². The zero-order valence-electron chi connectivity index (χ0n) is 10.5. The second kappa shape index (κ2) is 5.18. The molecule has 2 rings (SSSR count). The summed E-state index contributed by atoms with van der Waals surface area (Å²) in [7, 11) is 1.57. The molecule has 0 unspecified atom stereocenters. The predicted octanol–water partition coefficient (Wildman–Crippen LogP) is 1.41. The minimum atomic E-state index is -0.275. The van der Waals surface area contributed by atoms with E-state index >= 15 is 0 Å². The fourth-order valence-electron chi connectivity index (χ4n) is 1.95. The minimum absolute atomic E-state index is 0.121. The van der Waals surface area contributed by atoms with Crippen molar-refractivity contribution in [3.8, 4) is 0 Å². The number of methoxy groups -OCH3 is 1. The SMILES string of the molecule is COCCN1CC(=O)N(c2cccc(C)c2)C1=O. The molecule has 96 valence electrons. The van der Waals surface area contributed by atoms with Crippen molar-refractivity contribution in [1.29, 1.82) is 0 Å². The number of urea groups is 1. The first kappa shape index (κ1) is 12.6. The highest BCUT2D eigenvalue weighted by atomic mass is 16.5. The molecule has 5 heteroatoms. The number of anilines is 1. The Balaban J connectivity index is 2.19. The Bertz CT molecular complexity index is 473. The number of rotatable bonds is 4. The molecular formula is C13H16N2O3. The Morgan fingerprint density at radius 1 is 1.33 bits per heavy atom. The Kier molecular flexibility index (Phi) is 3.62. The van der Waals surface area contributed by atoms with Crippen LogP contribution >= 0.6 is 0 Å². The summed E-state index contributed by atoms with van der Waals surface area (Å²) in [5, 5.41) is 0. The van der Waals surface area contributed by atoms with Crippen molar-refractivity contribution in [1.82, 2.24) is 4.90 Å². The van der Waals surface area contributed by atoms with Gasteiger partial charge in [-0.2, -0.15) is 0 Å². The smallest absolute Gasteiger partial charge is 0.331 e. The van der Waals surface area contributed by atoms with Crippen molar-refractivity contribution < 1.29 is 14.3 Å². The number of amides is 3. The number of carbonyl (C=O) groups is 2. The standard InChI is InChI=1S/C13H16N2O3/c1-10-4-3-5-11(8-10)15-12(16)9-14(13(15)17)6-7-18-2/h3-5,8H,6-7,9H2,1-2H3. The van der Waals surface area contributed by atoms with Gasteiger partial charge in [0.2, 0.25) is 0 Å². The molecule has 0 aliphatic carbocycles. The third kappa shape index (κ3) is 2.36. The topological polar surface area (TPSA) is 49.9 Å². The van der Waals surface area contributed by atoms with Crippen LogP contribution in [0.4, 0.5) is 10.5 Å². The van der Waals surface area contributed by atoms with Gasteiger partial charge in [0, 0.05) is 13.7 Å². The Morgan fingerprint density at radius 2 is 2.11 bits per heavy atom. The monoisotopic (exact) mass is 248 g/mol. The van der Waals surface area contributed by atoms with Crippen LogP contribution < -0.4 is 4.90 Å². The number of hydrogen-bond acceptors (Lipinski definition) is 3. The maximum absolute atomic E-state index is 12.1. The van der Waals surface area contributed by atoms with E-state index in [9.17, 15) is 9.59 Å². The number of nitrogens with zero attached hydrogens (tertiary/aromatic N) is 2. The van der Waals surface area contributed by atoms with Crippen molar-refractivity contribution >= 4 is 17.6 Å². The molecule has 5 nitrogen and oxygen atoms in total. The molecule has 1 saturated heterocycles. The van der Waals surface area contributed by atoms with Crippen LogP contribution in [0.5, 0.6) is 0 Å². The molecule has 1 aliphatic heterocycles. The van der Waals surface area contributed by atoms with E-state index < -0.39 is 0 Å². The van der Waals surface area contributed by atoms with Gasteiger partial charge in [-0.1, -0.05) is 12.1 Å². The van der Waals surface area contributed by atoms with Gasteiger partial charge in [-0.15, -0.1) is 0 Å². The number of aryl methyl sites for hydroxylation is 1. The maximum Gasteiger partial charge on any atom is 0.331 e. The normalized spacial score (nSPS) is 15.7. The molecule has 0 radical (unpaired) electrons. The summed E-state index contributed by atoms with van der Waals surface area (Å²) in [5.41, 5.74) is 1.65. The third-order valence-electron chi connectivity index (χ3n) is 2.86. The lowest BCUT2D eigenvalue weighted by Gasteiger charge is -2.16. The second-order valence-electron chi connectivity index (χ2n) is 4.27. The summed E-state index contributed by atoms with van der Waals surface area (Å²) in [6.45, 7) is 2.91. The van der Waals surface area contributed by atoms with Crippen molar-refractivity contribution in [2.75, 3.05) is 31.7 Å². The van der Waals surface area contributed by atoms with E-state index in [-0.39, 0.29) is 18.5 Å². The van der Waals surface area contributed by atoms with Crippen molar-refractivity contribution in [2.24, 2.45) is 0 Å². The lowest BCUT2D eigenvalue weighted by molar-refractivity contribution is -0.116. The van der Waals surface area contributed by atoms with Crippen molar-refractivity contribution in [3.05, 3.63) is 29.8 Å².